The van der Waals surface area contributed by atoms with E-state index in [1.54, 1.807) is 6.26 Å². The van der Waals surface area contributed by atoms with Crippen molar-refractivity contribution in [2.75, 3.05) is 13.1 Å². The molecule has 1 saturated heterocycles. The number of furan rings is 1. The van der Waals surface area contributed by atoms with E-state index >= 15 is 0 Å². The summed E-state index contributed by atoms with van der Waals surface area (Å²) in [7, 11) is 0. The Balaban J connectivity index is 1.56. The Labute approximate surface area is 149 Å². The van der Waals surface area contributed by atoms with Gasteiger partial charge >= 0.3 is 0 Å². The lowest BCUT2D eigenvalue weighted by Gasteiger charge is -2.25. The molecule has 25 heavy (non-hydrogen) atoms. The van der Waals surface area contributed by atoms with Gasteiger partial charge in [-0.15, -0.1) is 0 Å². The number of aromatic nitrogens is 2. The fraction of sp³-hybridized carbons (Fsp3) is 0.579. The molecule has 1 N–H and O–H groups in total. The van der Waals surface area contributed by atoms with Gasteiger partial charge in [0.15, 0.2) is 0 Å². The van der Waals surface area contributed by atoms with Crippen molar-refractivity contribution >= 4 is 5.91 Å². The fourth-order valence-corrected chi connectivity index (χ4v) is 3.59. The van der Waals surface area contributed by atoms with Gasteiger partial charge in [0, 0.05) is 30.9 Å². The first kappa shape index (κ1) is 17.7. The van der Waals surface area contributed by atoms with Gasteiger partial charge < -0.3 is 14.3 Å². The molecule has 3 rings (SSSR count). The fourth-order valence-electron chi connectivity index (χ4n) is 3.59. The van der Waals surface area contributed by atoms with Crippen LogP contribution >= 0.6 is 0 Å². The molecule has 1 amide bonds. The van der Waals surface area contributed by atoms with Gasteiger partial charge in [-0.05, 0) is 38.4 Å². The van der Waals surface area contributed by atoms with Crippen LogP contribution in [-0.4, -0.2) is 39.5 Å². The average Bonchev–Trinajstić information content (AvgIpc) is 3.29. The van der Waals surface area contributed by atoms with Crippen LogP contribution in [0.25, 0.3) is 0 Å². The molecule has 0 saturated carbocycles. The number of hydrogen-bond donors (Lipinski definition) is 1. The molecule has 0 unspecified atom stereocenters. The second kappa shape index (κ2) is 7.87. The maximum absolute atomic E-state index is 12.4. The smallest absolute Gasteiger partial charge is 0.234 e. The van der Waals surface area contributed by atoms with Crippen molar-refractivity contribution in [1.29, 1.82) is 0 Å². The van der Waals surface area contributed by atoms with Gasteiger partial charge in [-0.1, -0.05) is 13.8 Å². The molecule has 6 heteroatoms. The number of nitrogens with one attached hydrogen (secondary N) is 1. The number of amides is 1. The van der Waals surface area contributed by atoms with Gasteiger partial charge in [-0.25, -0.2) is 4.98 Å². The van der Waals surface area contributed by atoms with Crippen molar-refractivity contribution in [1.82, 2.24) is 19.8 Å². The second-order valence-corrected chi connectivity index (χ2v) is 7.16. The number of carbonyl (C=O) groups excluding carboxylic acids is 1. The monoisotopic (exact) mass is 344 g/mol. The van der Waals surface area contributed by atoms with Crippen LogP contribution in [0.5, 0.6) is 0 Å². The first-order chi connectivity index (χ1) is 12.0. The molecule has 0 bridgehead atoms. The maximum Gasteiger partial charge on any atom is 0.234 e. The first-order valence-corrected chi connectivity index (χ1v) is 9.12. The summed E-state index contributed by atoms with van der Waals surface area (Å²) in [6, 6.07) is 4.00. The lowest BCUT2D eigenvalue weighted by atomic mass is 10.2. The Bertz CT molecular complexity index is 677. The average molecular weight is 344 g/mol. The summed E-state index contributed by atoms with van der Waals surface area (Å²) in [5, 5.41) is 3.02. The van der Waals surface area contributed by atoms with Crippen LogP contribution in [0, 0.1) is 0 Å². The largest absolute Gasteiger partial charge is 0.467 e. The zero-order valence-electron chi connectivity index (χ0n) is 15.3. The number of carbonyl (C=O) groups is 1. The predicted molar refractivity (Wildman–Crippen MR) is 96.2 cm³/mol. The van der Waals surface area contributed by atoms with E-state index < -0.39 is 0 Å². The highest BCUT2D eigenvalue weighted by atomic mass is 16.3. The Morgan fingerprint density at radius 1 is 1.44 bits per heavy atom. The van der Waals surface area contributed by atoms with E-state index in [1.165, 1.54) is 0 Å². The van der Waals surface area contributed by atoms with Crippen LogP contribution in [0.1, 0.15) is 57.2 Å². The van der Waals surface area contributed by atoms with Crippen LogP contribution < -0.4 is 5.32 Å². The van der Waals surface area contributed by atoms with Crippen LogP contribution in [0.2, 0.25) is 0 Å². The van der Waals surface area contributed by atoms with Crippen LogP contribution in [0.4, 0.5) is 0 Å². The zero-order valence-corrected chi connectivity index (χ0v) is 15.3. The maximum atomic E-state index is 12.4. The van der Waals surface area contributed by atoms with Crippen LogP contribution in [0.15, 0.2) is 35.2 Å². The molecular formula is C19H28N4O2. The quantitative estimate of drug-likeness (QED) is 0.839. The molecule has 2 aromatic rings. The molecule has 2 atom stereocenters. The minimum absolute atomic E-state index is 0.0468. The standard InChI is InChI=1S/C19H28N4O2/c1-14(2)19-20-8-10-23(19)12-16-6-4-9-22(16)13-18(24)21-15(3)17-7-5-11-25-17/h5,7-8,10-11,14-16H,4,6,9,12-13H2,1-3H3,(H,21,24)/t15-,16-/m1/s1. The van der Waals surface area contributed by atoms with E-state index in [0.29, 0.717) is 18.5 Å². The molecule has 0 spiro atoms. The summed E-state index contributed by atoms with van der Waals surface area (Å²) < 4.78 is 7.59. The lowest BCUT2D eigenvalue weighted by Crippen LogP contribution is -2.42. The highest BCUT2D eigenvalue weighted by molar-refractivity contribution is 5.78. The molecule has 136 valence electrons. The number of nitrogens with zero attached hydrogens (tertiary/aromatic N) is 3. The molecule has 1 aliphatic heterocycles. The summed E-state index contributed by atoms with van der Waals surface area (Å²) in [5.74, 6) is 2.35. The second-order valence-electron chi connectivity index (χ2n) is 7.16. The summed E-state index contributed by atoms with van der Waals surface area (Å²) in [6.07, 6.45) is 7.80. The van der Waals surface area contributed by atoms with E-state index in [0.717, 1.165) is 37.5 Å². The normalized spacial score (nSPS) is 19.4. The minimum atomic E-state index is -0.107. The Morgan fingerprint density at radius 2 is 2.28 bits per heavy atom. The van der Waals surface area contributed by atoms with Crippen molar-refractivity contribution in [3.63, 3.8) is 0 Å². The third kappa shape index (κ3) is 4.31. The van der Waals surface area contributed by atoms with Gasteiger partial charge in [-0.2, -0.15) is 0 Å². The number of hydrogen-bond acceptors (Lipinski definition) is 4. The molecule has 2 aromatic heterocycles. The van der Waals surface area contributed by atoms with Gasteiger partial charge in [-0.3, -0.25) is 9.69 Å². The molecule has 6 nitrogen and oxygen atoms in total. The zero-order chi connectivity index (χ0) is 17.8. The van der Waals surface area contributed by atoms with E-state index in [4.69, 9.17) is 4.42 Å². The molecule has 0 aliphatic carbocycles. The summed E-state index contributed by atoms with van der Waals surface area (Å²) in [5.41, 5.74) is 0. The Hall–Kier alpha value is -2.08. The molecule has 1 aliphatic rings. The van der Waals surface area contributed by atoms with Gasteiger partial charge in [0.25, 0.3) is 0 Å². The number of imidazole rings is 1. The summed E-state index contributed by atoms with van der Waals surface area (Å²) in [4.78, 5) is 19.2. The summed E-state index contributed by atoms with van der Waals surface area (Å²) in [6.45, 7) is 8.57. The lowest BCUT2D eigenvalue weighted by molar-refractivity contribution is -0.123. The molecular weight excluding hydrogens is 316 g/mol. The van der Waals surface area contributed by atoms with E-state index in [2.05, 4.69) is 33.6 Å². The Kier molecular flexibility index (Phi) is 5.58. The van der Waals surface area contributed by atoms with Crippen molar-refractivity contribution in [2.24, 2.45) is 0 Å². The minimum Gasteiger partial charge on any atom is -0.467 e. The van der Waals surface area contributed by atoms with E-state index in [-0.39, 0.29) is 11.9 Å². The molecule has 0 aromatic carbocycles. The summed E-state index contributed by atoms with van der Waals surface area (Å²) >= 11 is 0. The number of likely N-dealkylation sites (tertiary alicyclic amines) is 1. The van der Waals surface area contributed by atoms with Gasteiger partial charge in [0.05, 0.1) is 18.8 Å². The van der Waals surface area contributed by atoms with Crippen molar-refractivity contribution in [3.8, 4) is 0 Å². The third-order valence-electron chi connectivity index (χ3n) is 4.86. The number of rotatable bonds is 7. The van der Waals surface area contributed by atoms with Gasteiger partial charge in [0.2, 0.25) is 5.91 Å². The molecule has 1 fully saturated rings. The van der Waals surface area contributed by atoms with Crippen LogP contribution in [0.3, 0.4) is 0 Å². The predicted octanol–water partition coefficient (Wildman–Crippen LogP) is 2.94. The highest BCUT2D eigenvalue weighted by Gasteiger charge is 2.27. The van der Waals surface area contributed by atoms with Crippen LogP contribution in [-0.2, 0) is 11.3 Å². The highest BCUT2D eigenvalue weighted by Crippen LogP contribution is 2.21. The van der Waals surface area contributed by atoms with E-state index in [1.807, 2.05) is 31.5 Å². The topological polar surface area (TPSA) is 63.3 Å². The molecule has 3 heterocycles. The first-order valence-electron chi connectivity index (χ1n) is 9.12. The van der Waals surface area contributed by atoms with Crippen molar-refractivity contribution in [3.05, 3.63) is 42.4 Å². The van der Waals surface area contributed by atoms with Crippen molar-refractivity contribution < 1.29 is 9.21 Å². The molecule has 0 radical (unpaired) electrons. The Morgan fingerprint density at radius 3 is 3.00 bits per heavy atom. The SMILES string of the molecule is CC(C)c1nccn1C[C@H]1CCCN1CC(=O)N[C@H](C)c1ccco1. The third-order valence-corrected chi connectivity index (χ3v) is 4.86. The van der Waals surface area contributed by atoms with Crippen molar-refractivity contribution in [2.45, 2.75) is 58.2 Å². The van der Waals surface area contributed by atoms with Gasteiger partial charge in [0.1, 0.15) is 11.6 Å². The van der Waals surface area contributed by atoms with E-state index in [9.17, 15) is 4.79 Å².